The van der Waals surface area contributed by atoms with Crippen molar-refractivity contribution in [2.24, 2.45) is 9.98 Å². The van der Waals surface area contributed by atoms with Crippen molar-refractivity contribution in [1.82, 2.24) is 0 Å². The van der Waals surface area contributed by atoms with Crippen LogP contribution in [0.15, 0.2) is 58.5 Å². The molecule has 76 heavy (non-hydrogen) atoms. The van der Waals surface area contributed by atoms with Crippen molar-refractivity contribution >= 4 is 22.8 Å². The SMILES string of the molecule is CCCCCCCCCCCCCCCCCCCCCCCCCc1cccc(/N=C(CCCCC)\C(CCCC)=N\c2cccc(CCCCCCCCCCCCCCCCCCCCCCCCC)c2)c1.[Ni]. The maximum absolute atomic E-state index is 5.43. The third-order valence-electron chi connectivity index (χ3n) is 16.6. The summed E-state index contributed by atoms with van der Waals surface area (Å²) in [5, 5.41) is 0. The van der Waals surface area contributed by atoms with Crippen LogP contribution >= 0.6 is 0 Å². The van der Waals surface area contributed by atoms with Crippen molar-refractivity contribution in [2.75, 3.05) is 0 Å². The number of hydrogen-bond donors (Lipinski definition) is 0. The average Bonchev–Trinajstić information content (AvgIpc) is 3.42. The molecule has 0 amide bonds. The quantitative estimate of drug-likeness (QED) is 0.0358. The Bertz CT molecular complexity index is 1540. The van der Waals surface area contributed by atoms with Crippen LogP contribution in [0.3, 0.4) is 0 Å². The van der Waals surface area contributed by atoms with Crippen LogP contribution in [0, 0.1) is 0 Å². The molecular weight excluding hydrogens is 964 g/mol. The minimum Gasteiger partial charge on any atom is -0.252 e. The predicted octanol–water partition coefficient (Wildman–Crippen LogP) is 26.4. The summed E-state index contributed by atoms with van der Waals surface area (Å²) in [7, 11) is 0. The van der Waals surface area contributed by atoms with E-state index in [1.54, 1.807) is 0 Å². The summed E-state index contributed by atoms with van der Waals surface area (Å²) in [4.78, 5) is 10.8. The molecule has 0 saturated heterocycles. The molecule has 0 radical (unpaired) electrons. The van der Waals surface area contributed by atoms with E-state index in [0.717, 1.165) is 43.5 Å². The van der Waals surface area contributed by atoms with E-state index in [9.17, 15) is 0 Å². The molecule has 3 heteroatoms. The molecule has 0 aliphatic heterocycles. The van der Waals surface area contributed by atoms with Crippen LogP contribution in [0.1, 0.15) is 379 Å². The Labute approximate surface area is 487 Å². The minimum atomic E-state index is 0. The van der Waals surface area contributed by atoms with Gasteiger partial charge in [0.05, 0.1) is 22.8 Å². The van der Waals surface area contributed by atoms with Crippen LogP contribution in [-0.2, 0) is 29.3 Å². The van der Waals surface area contributed by atoms with Crippen molar-refractivity contribution in [2.45, 2.75) is 381 Å². The van der Waals surface area contributed by atoms with Crippen molar-refractivity contribution in [1.29, 1.82) is 0 Å². The summed E-state index contributed by atoms with van der Waals surface area (Å²) < 4.78 is 0. The fraction of sp³-hybridized carbons (Fsp3) is 0.808. The molecule has 0 aliphatic carbocycles. The standard InChI is InChI=1S/C73H130N2.Ni/c1-5-9-13-15-17-19-21-23-25-27-29-31-33-35-37-39-41-43-45-47-49-51-54-58-68-60-56-62-70(66-68)74-72(64-12-8-4)73(65-53-11-7-3)75-71-63-57-61-69(67-71)59-55-52-50-48-46-44-42-40-38-36-34-32-30-28-26-24-22-20-18-16-14-10-6-2;/h56-57,60-63,66-67H,5-55,58-59,64-65H2,1-4H3;/b74-72+,75-73-;. The Kier molecular flexibility index (Phi) is 55.1. The molecule has 0 heterocycles. The molecule has 0 spiro atoms. The molecule has 2 aromatic rings. The van der Waals surface area contributed by atoms with Gasteiger partial charge in [0, 0.05) is 16.5 Å². The van der Waals surface area contributed by atoms with Crippen molar-refractivity contribution in [3.8, 4) is 0 Å². The third-order valence-corrected chi connectivity index (χ3v) is 16.6. The first-order chi connectivity index (χ1) is 37.2. The van der Waals surface area contributed by atoms with Gasteiger partial charge in [-0.2, -0.15) is 0 Å². The van der Waals surface area contributed by atoms with E-state index in [1.807, 2.05) is 0 Å². The van der Waals surface area contributed by atoms with Crippen LogP contribution < -0.4 is 0 Å². The molecule has 0 atom stereocenters. The second kappa shape index (κ2) is 57.9. The molecule has 2 aromatic carbocycles. The molecule has 0 aromatic heterocycles. The van der Waals surface area contributed by atoms with E-state index in [-0.39, 0.29) is 16.5 Å². The van der Waals surface area contributed by atoms with Crippen LogP contribution in [0.2, 0.25) is 0 Å². The summed E-state index contributed by atoms with van der Waals surface area (Å²) in [6.45, 7) is 9.24. The van der Waals surface area contributed by atoms with Crippen LogP contribution in [0.4, 0.5) is 11.4 Å². The van der Waals surface area contributed by atoms with Gasteiger partial charge in [0.15, 0.2) is 0 Å². The largest absolute Gasteiger partial charge is 0.252 e. The summed E-state index contributed by atoms with van der Waals surface area (Å²) in [6.07, 6.45) is 76.5. The number of rotatable bonds is 58. The van der Waals surface area contributed by atoms with E-state index < -0.39 is 0 Å². The van der Waals surface area contributed by atoms with E-state index >= 15 is 0 Å². The van der Waals surface area contributed by atoms with Crippen LogP contribution in [0.25, 0.3) is 0 Å². The minimum absolute atomic E-state index is 0. The zero-order chi connectivity index (χ0) is 53.4. The zero-order valence-electron chi connectivity index (χ0n) is 51.7. The molecule has 442 valence electrons. The first-order valence-electron chi connectivity index (χ1n) is 34.5. The fourth-order valence-electron chi connectivity index (χ4n) is 11.5. The van der Waals surface area contributed by atoms with Gasteiger partial charge in [-0.15, -0.1) is 0 Å². The first-order valence-corrected chi connectivity index (χ1v) is 34.5. The molecule has 2 nitrogen and oxygen atoms in total. The Morgan fingerprint density at radius 1 is 0.250 bits per heavy atom. The molecule has 0 bridgehead atoms. The number of benzene rings is 2. The van der Waals surface area contributed by atoms with Gasteiger partial charge in [0.1, 0.15) is 0 Å². The maximum Gasteiger partial charge on any atom is 0.0636 e. The van der Waals surface area contributed by atoms with Crippen molar-refractivity contribution < 1.29 is 16.5 Å². The summed E-state index contributed by atoms with van der Waals surface area (Å²) in [5.74, 6) is 0. The van der Waals surface area contributed by atoms with E-state index in [0.29, 0.717) is 0 Å². The molecule has 0 saturated carbocycles. The fourth-order valence-corrected chi connectivity index (χ4v) is 11.5. The van der Waals surface area contributed by atoms with Crippen LogP contribution in [-0.4, -0.2) is 11.4 Å². The van der Waals surface area contributed by atoms with Gasteiger partial charge in [0.25, 0.3) is 0 Å². The van der Waals surface area contributed by atoms with Gasteiger partial charge in [-0.3, -0.25) is 9.98 Å². The normalized spacial score (nSPS) is 12.0. The number of hydrogen-bond acceptors (Lipinski definition) is 2. The number of unbranched alkanes of at least 4 members (excludes halogenated alkanes) is 47. The first kappa shape index (κ1) is 72.3. The molecular formula is C73H130N2Ni. The Morgan fingerprint density at radius 3 is 0.711 bits per heavy atom. The molecule has 0 aliphatic rings. The predicted molar refractivity (Wildman–Crippen MR) is 342 cm³/mol. The summed E-state index contributed by atoms with van der Waals surface area (Å²) >= 11 is 0. The van der Waals surface area contributed by atoms with Gasteiger partial charge in [0.2, 0.25) is 0 Å². The van der Waals surface area contributed by atoms with E-state index in [1.165, 1.54) is 344 Å². The van der Waals surface area contributed by atoms with Gasteiger partial charge >= 0.3 is 0 Å². The zero-order valence-corrected chi connectivity index (χ0v) is 52.7. The van der Waals surface area contributed by atoms with Crippen LogP contribution in [0.5, 0.6) is 0 Å². The maximum atomic E-state index is 5.43. The molecule has 0 N–H and O–H groups in total. The average molecular weight is 1090 g/mol. The second-order valence-corrected chi connectivity index (χ2v) is 24.1. The topological polar surface area (TPSA) is 24.7 Å². The van der Waals surface area contributed by atoms with E-state index in [2.05, 4.69) is 76.2 Å². The van der Waals surface area contributed by atoms with Gasteiger partial charge in [-0.25, -0.2) is 0 Å². The monoisotopic (exact) mass is 1090 g/mol. The van der Waals surface area contributed by atoms with Gasteiger partial charge in [-0.1, -0.05) is 354 Å². The third kappa shape index (κ3) is 46.1. The summed E-state index contributed by atoms with van der Waals surface area (Å²) in [5.41, 5.74) is 7.55. The second-order valence-electron chi connectivity index (χ2n) is 24.1. The Morgan fingerprint density at radius 2 is 0.461 bits per heavy atom. The van der Waals surface area contributed by atoms with Crippen molar-refractivity contribution in [3.63, 3.8) is 0 Å². The molecule has 2 rings (SSSR count). The molecule has 0 fully saturated rings. The number of aliphatic imine (C=N–C) groups is 2. The number of nitrogens with zero attached hydrogens (tertiary/aromatic N) is 2. The summed E-state index contributed by atoms with van der Waals surface area (Å²) in [6, 6.07) is 18.3. The van der Waals surface area contributed by atoms with Gasteiger partial charge < -0.3 is 0 Å². The Hall–Kier alpha value is -1.73. The Balaban J connectivity index is 0.0000289. The van der Waals surface area contributed by atoms with E-state index in [4.69, 9.17) is 9.98 Å². The molecule has 0 unspecified atom stereocenters. The van der Waals surface area contributed by atoms with Gasteiger partial charge in [-0.05, 0) is 86.8 Å². The smallest absolute Gasteiger partial charge is 0.0636 e. The number of aryl methyl sites for hydroxylation is 2. The van der Waals surface area contributed by atoms with Crippen molar-refractivity contribution in [3.05, 3.63) is 59.7 Å².